The van der Waals surface area contributed by atoms with Gasteiger partial charge in [0.15, 0.2) is 0 Å². The van der Waals surface area contributed by atoms with Crippen LogP contribution in [-0.4, -0.2) is 43.5 Å². The van der Waals surface area contributed by atoms with Crippen molar-refractivity contribution in [1.29, 1.82) is 0 Å². The summed E-state index contributed by atoms with van der Waals surface area (Å²) in [7, 11) is 5.66. The molecule has 0 spiro atoms. The number of rotatable bonds is 6. The van der Waals surface area contributed by atoms with Gasteiger partial charge in [-0.25, -0.2) is 4.79 Å². The summed E-state index contributed by atoms with van der Waals surface area (Å²) in [5.41, 5.74) is 0.991. The van der Waals surface area contributed by atoms with Crippen LogP contribution in [0.2, 0.25) is 5.02 Å². The second-order valence-corrected chi connectivity index (χ2v) is 6.10. The summed E-state index contributed by atoms with van der Waals surface area (Å²) in [6.07, 6.45) is 1.64. The molecule has 23 heavy (non-hydrogen) atoms. The predicted octanol–water partition coefficient (Wildman–Crippen LogP) is 3.38. The summed E-state index contributed by atoms with van der Waals surface area (Å²) in [4.78, 5) is 15.9. The van der Waals surface area contributed by atoms with Gasteiger partial charge >= 0.3 is 6.03 Å². The zero-order valence-corrected chi connectivity index (χ0v) is 14.4. The van der Waals surface area contributed by atoms with E-state index in [1.807, 2.05) is 55.4 Å². The van der Waals surface area contributed by atoms with Crippen LogP contribution in [0.4, 0.5) is 4.79 Å². The maximum atomic E-state index is 12.3. The molecule has 0 saturated carbocycles. The van der Waals surface area contributed by atoms with Gasteiger partial charge in [-0.2, -0.15) is 0 Å². The Labute approximate surface area is 141 Å². The molecule has 0 saturated heterocycles. The second kappa shape index (κ2) is 8.04. The SMILES string of the molecule is CN(Cc1cccc(Cl)c1)C(=O)NCC(c1ccco1)N(C)C. The Kier molecular flexibility index (Phi) is 6.07. The highest BCUT2D eigenvalue weighted by Gasteiger charge is 2.19. The molecule has 1 unspecified atom stereocenters. The standard InChI is InChI=1S/C17H22ClN3O2/c1-20(2)15(16-8-5-9-23-16)11-19-17(22)21(3)12-13-6-4-7-14(18)10-13/h4-10,15H,11-12H2,1-3H3,(H,19,22). The van der Waals surface area contributed by atoms with Gasteiger partial charge in [0, 0.05) is 25.2 Å². The Morgan fingerprint density at radius 3 is 2.65 bits per heavy atom. The molecule has 124 valence electrons. The number of furan rings is 1. The second-order valence-electron chi connectivity index (χ2n) is 5.67. The zero-order chi connectivity index (χ0) is 16.8. The number of nitrogens with one attached hydrogen (secondary N) is 1. The summed E-state index contributed by atoms with van der Waals surface area (Å²) in [6, 6.07) is 11.1. The lowest BCUT2D eigenvalue weighted by Gasteiger charge is -2.24. The maximum Gasteiger partial charge on any atom is 0.317 e. The summed E-state index contributed by atoms with van der Waals surface area (Å²) >= 11 is 5.97. The first-order chi connectivity index (χ1) is 11.0. The van der Waals surface area contributed by atoms with E-state index in [2.05, 4.69) is 5.32 Å². The Hall–Kier alpha value is -1.98. The number of nitrogens with zero attached hydrogens (tertiary/aromatic N) is 2. The molecule has 0 aliphatic carbocycles. The van der Waals surface area contributed by atoms with Crippen LogP contribution in [0.1, 0.15) is 17.4 Å². The molecule has 5 nitrogen and oxygen atoms in total. The number of halogens is 1. The Balaban J connectivity index is 1.90. The van der Waals surface area contributed by atoms with Crippen LogP contribution in [0.3, 0.4) is 0 Å². The van der Waals surface area contributed by atoms with E-state index in [-0.39, 0.29) is 12.1 Å². The van der Waals surface area contributed by atoms with Crippen molar-refractivity contribution in [2.24, 2.45) is 0 Å². The summed E-state index contributed by atoms with van der Waals surface area (Å²) in [5.74, 6) is 0.827. The lowest BCUT2D eigenvalue weighted by molar-refractivity contribution is 0.197. The number of likely N-dealkylation sites (N-methyl/N-ethyl adjacent to an activating group) is 1. The fourth-order valence-corrected chi connectivity index (χ4v) is 2.53. The number of hydrogen-bond acceptors (Lipinski definition) is 3. The minimum Gasteiger partial charge on any atom is -0.468 e. The fourth-order valence-electron chi connectivity index (χ4n) is 2.32. The monoisotopic (exact) mass is 335 g/mol. The van der Waals surface area contributed by atoms with Gasteiger partial charge in [0.1, 0.15) is 5.76 Å². The minimum absolute atomic E-state index is 0.00600. The molecule has 6 heteroatoms. The van der Waals surface area contributed by atoms with Crippen LogP contribution in [0.25, 0.3) is 0 Å². The molecule has 0 bridgehead atoms. The molecule has 1 atom stereocenters. The van der Waals surface area contributed by atoms with E-state index in [1.165, 1.54) is 0 Å². The average molecular weight is 336 g/mol. The Morgan fingerprint density at radius 1 is 1.26 bits per heavy atom. The number of urea groups is 1. The average Bonchev–Trinajstić information content (AvgIpc) is 3.01. The highest BCUT2D eigenvalue weighted by molar-refractivity contribution is 6.30. The van der Waals surface area contributed by atoms with Crippen molar-refractivity contribution in [2.75, 3.05) is 27.7 Å². The first kappa shape index (κ1) is 17.4. The largest absolute Gasteiger partial charge is 0.468 e. The fraction of sp³-hybridized carbons (Fsp3) is 0.353. The van der Waals surface area contributed by atoms with Gasteiger partial charge < -0.3 is 14.6 Å². The molecule has 0 aliphatic heterocycles. The van der Waals surface area contributed by atoms with Gasteiger partial charge in [-0.15, -0.1) is 0 Å². The number of carbonyl (C=O) groups excluding carboxylic acids is 1. The molecular formula is C17H22ClN3O2. The Bertz CT molecular complexity index is 629. The van der Waals surface area contributed by atoms with Crippen molar-refractivity contribution in [3.63, 3.8) is 0 Å². The van der Waals surface area contributed by atoms with Gasteiger partial charge in [0.2, 0.25) is 0 Å². The lowest BCUT2D eigenvalue weighted by Crippen LogP contribution is -2.41. The molecular weight excluding hydrogens is 314 g/mol. The summed E-state index contributed by atoms with van der Waals surface area (Å²) < 4.78 is 5.44. The van der Waals surface area contributed by atoms with Crippen LogP contribution in [0, 0.1) is 0 Å². The van der Waals surface area contributed by atoms with Gasteiger partial charge in [0.05, 0.1) is 12.3 Å². The normalized spacial score (nSPS) is 12.2. The minimum atomic E-state index is -0.136. The molecule has 2 rings (SSSR count). The van der Waals surface area contributed by atoms with E-state index in [1.54, 1.807) is 18.2 Å². The third-order valence-electron chi connectivity index (χ3n) is 3.60. The van der Waals surface area contributed by atoms with Crippen molar-refractivity contribution in [3.8, 4) is 0 Å². The molecule has 1 heterocycles. The predicted molar refractivity (Wildman–Crippen MR) is 91.5 cm³/mol. The molecule has 2 aromatic rings. The summed E-state index contributed by atoms with van der Waals surface area (Å²) in [6.45, 7) is 0.971. The third-order valence-corrected chi connectivity index (χ3v) is 3.83. The molecule has 0 fully saturated rings. The molecule has 0 aliphatic rings. The van der Waals surface area contributed by atoms with Crippen LogP contribution < -0.4 is 5.32 Å². The van der Waals surface area contributed by atoms with Crippen molar-refractivity contribution < 1.29 is 9.21 Å². The molecule has 0 radical (unpaired) electrons. The van der Waals surface area contributed by atoms with E-state index < -0.39 is 0 Å². The molecule has 1 aromatic carbocycles. The van der Waals surface area contributed by atoms with Crippen LogP contribution in [0.15, 0.2) is 47.1 Å². The van der Waals surface area contributed by atoms with E-state index in [4.69, 9.17) is 16.0 Å². The first-order valence-corrected chi connectivity index (χ1v) is 7.78. The third kappa shape index (κ3) is 5.01. The van der Waals surface area contributed by atoms with Gasteiger partial charge in [0.25, 0.3) is 0 Å². The van der Waals surface area contributed by atoms with E-state index in [0.717, 1.165) is 11.3 Å². The quantitative estimate of drug-likeness (QED) is 0.880. The topological polar surface area (TPSA) is 48.7 Å². The Morgan fingerprint density at radius 2 is 2.04 bits per heavy atom. The van der Waals surface area contributed by atoms with Crippen LogP contribution in [-0.2, 0) is 6.54 Å². The lowest BCUT2D eigenvalue weighted by atomic mass is 10.2. The van der Waals surface area contributed by atoms with Gasteiger partial charge in [-0.05, 0) is 43.9 Å². The highest BCUT2D eigenvalue weighted by Crippen LogP contribution is 2.17. The van der Waals surface area contributed by atoms with Crippen molar-refractivity contribution in [2.45, 2.75) is 12.6 Å². The molecule has 1 aromatic heterocycles. The number of carbonyl (C=O) groups is 1. The number of amides is 2. The van der Waals surface area contributed by atoms with Gasteiger partial charge in [-0.1, -0.05) is 23.7 Å². The van der Waals surface area contributed by atoms with E-state index in [9.17, 15) is 4.79 Å². The van der Waals surface area contributed by atoms with Crippen molar-refractivity contribution in [3.05, 3.63) is 59.0 Å². The van der Waals surface area contributed by atoms with Gasteiger partial charge in [-0.3, -0.25) is 4.90 Å². The molecule has 1 N–H and O–H groups in total. The number of hydrogen-bond donors (Lipinski definition) is 1. The smallest absolute Gasteiger partial charge is 0.317 e. The van der Waals surface area contributed by atoms with E-state index >= 15 is 0 Å². The molecule has 2 amide bonds. The van der Waals surface area contributed by atoms with E-state index in [0.29, 0.717) is 18.1 Å². The summed E-state index contributed by atoms with van der Waals surface area (Å²) in [5, 5.41) is 3.61. The number of benzene rings is 1. The first-order valence-electron chi connectivity index (χ1n) is 7.40. The maximum absolute atomic E-state index is 12.3. The van der Waals surface area contributed by atoms with Crippen LogP contribution >= 0.6 is 11.6 Å². The van der Waals surface area contributed by atoms with Crippen molar-refractivity contribution in [1.82, 2.24) is 15.1 Å². The van der Waals surface area contributed by atoms with Crippen LogP contribution in [0.5, 0.6) is 0 Å². The highest BCUT2D eigenvalue weighted by atomic mass is 35.5. The van der Waals surface area contributed by atoms with Crippen molar-refractivity contribution >= 4 is 17.6 Å². The zero-order valence-electron chi connectivity index (χ0n) is 13.6.